The highest BCUT2D eigenvalue weighted by Crippen LogP contribution is 2.66. The molecule has 0 radical (unpaired) electrons. The summed E-state index contributed by atoms with van der Waals surface area (Å²) >= 11 is 3.86. The molecular formula is C14H19BrO3. The molecule has 0 aromatic carbocycles. The van der Waals surface area contributed by atoms with Gasteiger partial charge < -0.3 is 14.2 Å². The molecule has 1 heterocycles. The Kier molecular flexibility index (Phi) is 2.67. The van der Waals surface area contributed by atoms with Crippen molar-refractivity contribution in [3.05, 3.63) is 11.6 Å². The third-order valence-electron chi connectivity index (χ3n) is 5.40. The summed E-state index contributed by atoms with van der Waals surface area (Å²) in [5.41, 5.74) is 1.46. The number of halogens is 1. The summed E-state index contributed by atoms with van der Waals surface area (Å²) in [5.74, 6) is 2.93. The van der Waals surface area contributed by atoms with Gasteiger partial charge in [0.25, 0.3) is 0 Å². The average molecular weight is 315 g/mol. The summed E-state index contributed by atoms with van der Waals surface area (Å²) in [4.78, 5) is 0.548. The number of hydrogen-bond donors (Lipinski definition) is 0. The molecule has 18 heavy (non-hydrogen) atoms. The molecule has 3 aliphatic carbocycles. The van der Waals surface area contributed by atoms with Crippen molar-refractivity contribution in [2.75, 3.05) is 13.9 Å². The molecule has 1 saturated heterocycles. The van der Waals surface area contributed by atoms with Gasteiger partial charge in [-0.1, -0.05) is 22.0 Å². The van der Waals surface area contributed by atoms with E-state index in [9.17, 15) is 0 Å². The smallest absolute Gasteiger partial charge is 0.147 e. The first kappa shape index (κ1) is 11.9. The summed E-state index contributed by atoms with van der Waals surface area (Å²) in [5, 5.41) is 0. The maximum absolute atomic E-state index is 6.22. The second-order valence-corrected chi connectivity index (χ2v) is 7.12. The van der Waals surface area contributed by atoms with Crippen molar-refractivity contribution in [1.29, 1.82) is 0 Å². The van der Waals surface area contributed by atoms with E-state index in [0.29, 0.717) is 29.7 Å². The molecule has 0 N–H and O–H groups in total. The molecule has 0 unspecified atom stereocenters. The maximum Gasteiger partial charge on any atom is 0.147 e. The number of rotatable bonds is 4. The van der Waals surface area contributed by atoms with E-state index in [1.165, 1.54) is 12.0 Å². The van der Waals surface area contributed by atoms with Gasteiger partial charge in [-0.15, -0.1) is 0 Å². The van der Waals surface area contributed by atoms with Crippen molar-refractivity contribution in [3.63, 3.8) is 0 Å². The quantitative estimate of drug-likeness (QED) is 0.453. The molecular weight excluding hydrogens is 296 g/mol. The maximum atomic E-state index is 6.22. The van der Waals surface area contributed by atoms with Crippen LogP contribution in [0.4, 0.5) is 0 Å². The molecule has 0 aromatic rings. The van der Waals surface area contributed by atoms with Crippen molar-refractivity contribution in [2.24, 2.45) is 23.7 Å². The minimum absolute atomic E-state index is 0.154. The van der Waals surface area contributed by atoms with Crippen molar-refractivity contribution >= 4 is 15.9 Å². The lowest BCUT2D eigenvalue weighted by Crippen LogP contribution is -2.35. The van der Waals surface area contributed by atoms with E-state index in [1.54, 1.807) is 7.11 Å². The lowest BCUT2D eigenvalue weighted by Gasteiger charge is -2.32. The van der Waals surface area contributed by atoms with Crippen LogP contribution in [0.5, 0.6) is 0 Å². The van der Waals surface area contributed by atoms with E-state index >= 15 is 0 Å². The largest absolute Gasteiger partial charge is 0.369 e. The van der Waals surface area contributed by atoms with Crippen LogP contribution in [0.2, 0.25) is 0 Å². The number of fused-ring (bicyclic) bond motifs is 2. The minimum atomic E-state index is 0.154. The van der Waals surface area contributed by atoms with Gasteiger partial charge in [0.05, 0.1) is 18.3 Å². The van der Waals surface area contributed by atoms with E-state index in [4.69, 9.17) is 14.2 Å². The zero-order valence-corrected chi connectivity index (χ0v) is 12.3. The van der Waals surface area contributed by atoms with Crippen LogP contribution in [0, 0.1) is 23.7 Å². The van der Waals surface area contributed by atoms with Gasteiger partial charge in [0.1, 0.15) is 6.79 Å². The van der Waals surface area contributed by atoms with Crippen LogP contribution in [-0.4, -0.2) is 37.0 Å². The fourth-order valence-electron chi connectivity index (χ4n) is 4.82. The molecule has 4 aliphatic rings. The Morgan fingerprint density at radius 3 is 3.11 bits per heavy atom. The highest BCUT2D eigenvalue weighted by Gasteiger charge is 2.67. The molecule has 4 heteroatoms. The Bertz CT molecular complexity index is 397. The molecule has 0 spiro atoms. The second-order valence-electron chi connectivity index (χ2n) is 6.06. The Hall–Kier alpha value is 0.100. The zero-order chi connectivity index (χ0) is 12.4. The number of hydrogen-bond acceptors (Lipinski definition) is 3. The Morgan fingerprint density at radius 1 is 1.50 bits per heavy atom. The van der Waals surface area contributed by atoms with E-state index in [2.05, 4.69) is 28.9 Å². The van der Waals surface area contributed by atoms with Crippen molar-refractivity contribution in [2.45, 2.75) is 36.5 Å². The average Bonchev–Trinajstić information content (AvgIpc) is 3.01. The summed E-state index contributed by atoms with van der Waals surface area (Å²) in [6.07, 6.45) is 4.64. The van der Waals surface area contributed by atoms with Crippen LogP contribution in [0.3, 0.4) is 0 Å². The van der Waals surface area contributed by atoms with Crippen LogP contribution < -0.4 is 0 Å². The van der Waals surface area contributed by atoms with Gasteiger partial charge in [0.2, 0.25) is 0 Å². The fourth-order valence-corrected chi connectivity index (χ4v) is 5.88. The van der Waals surface area contributed by atoms with Crippen LogP contribution >= 0.6 is 15.9 Å². The highest BCUT2D eigenvalue weighted by atomic mass is 79.9. The first-order valence-electron chi connectivity index (χ1n) is 6.84. The van der Waals surface area contributed by atoms with Crippen LogP contribution in [-0.2, 0) is 14.2 Å². The van der Waals surface area contributed by atoms with Gasteiger partial charge in [-0.25, -0.2) is 0 Å². The van der Waals surface area contributed by atoms with E-state index in [-0.39, 0.29) is 6.10 Å². The molecule has 1 aliphatic heterocycles. The molecule has 3 fully saturated rings. The van der Waals surface area contributed by atoms with Crippen molar-refractivity contribution in [1.82, 2.24) is 0 Å². The summed E-state index contributed by atoms with van der Waals surface area (Å²) in [7, 11) is 1.67. The van der Waals surface area contributed by atoms with Crippen molar-refractivity contribution < 1.29 is 14.2 Å². The summed E-state index contributed by atoms with van der Waals surface area (Å²) < 4.78 is 17.0. The standard InChI is InChI=1S/C14H19BrO3/c1-6(17-5-16-2)7-4-10-12-9-3-8(11(7)12)13(15)14(9)18-10/h4,6,8-14H,3,5H2,1-2H3/t6-,8+,9-,10+,11+,12+,13+,14+/m1/s1. The predicted molar refractivity (Wildman–Crippen MR) is 70.5 cm³/mol. The SMILES string of the molecule is COCO[C@H](C)C1=C[C@@H]2O[C@@H]3[C@@H](Br)[C@H]4C[C@@H]3[C@@H]2[C@@H]14. The molecule has 4 rings (SSSR count). The third kappa shape index (κ3) is 1.35. The highest BCUT2D eigenvalue weighted by molar-refractivity contribution is 9.09. The van der Waals surface area contributed by atoms with Gasteiger partial charge in [0.15, 0.2) is 0 Å². The molecule has 100 valence electrons. The fraction of sp³-hybridized carbons (Fsp3) is 0.857. The summed E-state index contributed by atoms with van der Waals surface area (Å²) in [6.45, 7) is 2.51. The molecule has 0 amide bonds. The second kappa shape index (κ2) is 4.05. The topological polar surface area (TPSA) is 27.7 Å². The van der Waals surface area contributed by atoms with Gasteiger partial charge in [-0.3, -0.25) is 0 Å². The first-order valence-corrected chi connectivity index (χ1v) is 7.75. The lowest BCUT2D eigenvalue weighted by molar-refractivity contribution is -0.0567. The van der Waals surface area contributed by atoms with Crippen LogP contribution in [0.15, 0.2) is 11.6 Å². The molecule has 0 aromatic heterocycles. The zero-order valence-electron chi connectivity index (χ0n) is 10.7. The van der Waals surface area contributed by atoms with Gasteiger partial charge >= 0.3 is 0 Å². The molecule has 3 nitrogen and oxygen atoms in total. The first-order chi connectivity index (χ1) is 8.72. The number of alkyl halides is 1. The number of methoxy groups -OCH3 is 1. The molecule has 2 saturated carbocycles. The van der Waals surface area contributed by atoms with Gasteiger partial charge in [-0.05, 0) is 36.7 Å². The summed E-state index contributed by atoms with van der Waals surface area (Å²) in [6, 6.07) is 0. The predicted octanol–water partition coefficient (Wildman–Crippen LogP) is 2.35. The Labute approximate surface area is 116 Å². The molecule has 2 bridgehead atoms. The Balaban J connectivity index is 1.60. The third-order valence-corrected chi connectivity index (χ3v) is 6.60. The van der Waals surface area contributed by atoms with E-state index in [0.717, 1.165) is 17.8 Å². The Morgan fingerprint density at radius 2 is 2.33 bits per heavy atom. The van der Waals surface area contributed by atoms with Crippen molar-refractivity contribution in [3.8, 4) is 0 Å². The van der Waals surface area contributed by atoms with E-state index < -0.39 is 0 Å². The normalized spacial score (nSPS) is 53.1. The monoisotopic (exact) mass is 314 g/mol. The minimum Gasteiger partial charge on any atom is -0.369 e. The van der Waals surface area contributed by atoms with E-state index in [1.807, 2.05) is 0 Å². The lowest BCUT2D eigenvalue weighted by atomic mass is 9.77. The van der Waals surface area contributed by atoms with Crippen LogP contribution in [0.25, 0.3) is 0 Å². The van der Waals surface area contributed by atoms with Crippen LogP contribution in [0.1, 0.15) is 13.3 Å². The number of ether oxygens (including phenoxy) is 3. The van der Waals surface area contributed by atoms with Gasteiger partial charge in [-0.2, -0.15) is 0 Å². The van der Waals surface area contributed by atoms with Gasteiger partial charge in [0, 0.05) is 17.9 Å². The molecule has 8 atom stereocenters.